The molecule has 0 spiro atoms. The zero-order chi connectivity index (χ0) is 14.0. The van der Waals surface area contributed by atoms with E-state index in [2.05, 4.69) is 39.8 Å². The highest BCUT2D eigenvalue weighted by molar-refractivity contribution is 5.43. The first-order chi connectivity index (χ1) is 9.06. The second kappa shape index (κ2) is 5.96. The van der Waals surface area contributed by atoms with Crippen LogP contribution in [0.15, 0.2) is 12.1 Å². The second-order valence-corrected chi connectivity index (χ2v) is 5.66. The fourth-order valence-electron chi connectivity index (χ4n) is 3.17. The van der Waals surface area contributed by atoms with Crippen molar-refractivity contribution in [3.8, 4) is 5.75 Å². The molecule has 0 saturated carbocycles. The summed E-state index contributed by atoms with van der Waals surface area (Å²) in [5.74, 6) is 1.54. The van der Waals surface area contributed by atoms with E-state index in [1.807, 2.05) is 6.92 Å². The maximum absolute atomic E-state index is 5.68. The maximum Gasteiger partial charge on any atom is 0.119 e. The Morgan fingerprint density at radius 2 is 1.79 bits per heavy atom. The van der Waals surface area contributed by atoms with Crippen molar-refractivity contribution in [1.82, 2.24) is 0 Å². The van der Waals surface area contributed by atoms with Gasteiger partial charge in [0.15, 0.2) is 0 Å². The van der Waals surface area contributed by atoms with Gasteiger partial charge in [-0.15, -0.1) is 0 Å². The van der Waals surface area contributed by atoms with Gasteiger partial charge in [0.2, 0.25) is 0 Å². The Kier molecular flexibility index (Phi) is 4.51. The van der Waals surface area contributed by atoms with Crippen molar-refractivity contribution >= 4 is 0 Å². The summed E-state index contributed by atoms with van der Waals surface area (Å²) in [6.45, 7) is 11.6. The third-order valence-corrected chi connectivity index (χ3v) is 4.05. The van der Waals surface area contributed by atoms with Gasteiger partial charge >= 0.3 is 0 Å². The molecule has 2 nitrogen and oxygen atoms in total. The van der Waals surface area contributed by atoms with E-state index in [4.69, 9.17) is 9.47 Å². The molecule has 2 rings (SSSR count). The van der Waals surface area contributed by atoms with Gasteiger partial charge in [0, 0.05) is 0 Å². The summed E-state index contributed by atoms with van der Waals surface area (Å²) in [5, 5.41) is 0. The van der Waals surface area contributed by atoms with Crippen LogP contribution >= 0.6 is 0 Å². The first kappa shape index (κ1) is 14.4. The monoisotopic (exact) mass is 262 g/mol. The molecule has 2 heteroatoms. The molecule has 0 aromatic heterocycles. The van der Waals surface area contributed by atoms with Gasteiger partial charge in [0.25, 0.3) is 0 Å². The van der Waals surface area contributed by atoms with Crippen LogP contribution in [-0.4, -0.2) is 18.8 Å². The number of hydrogen-bond acceptors (Lipinski definition) is 2. The van der Waals surface area contributed by atoms with Crippen LogP contribution in [0.5, 0.6) is 5.75 Å². The molecule has 0 N–H and O–H groups in total. The van der Waals surface area contributed by atoms with Gasteiger partial charge in [-0.2, -0.15) is 0 Å². The van der Waals surface area contributed by atoms with Crippen LogP contribution in [-0.2, 0) is 4.74 Å². The Morgan fingerprint density at radius 1 is 1.16 bits per heavy atom. The zero-order valence-corrected chi connectivity index (χ0v) is 12.8. The lowest BCUT2D eigenvalue weighted by atomic mass is 9.88. The van der Waals surface area contributed by atoms with E-state index in [-0.39, 0.29) is 0 Å². The lowest BCUT2D eigenvalue weighted by Gasteiger charge is -2.18. The van der Waals surface area contributed by atoms with Crippen LogP contribution in [0.2, 0.25) is 0 Å². The topological polar surface area (TPSA) is 21.8 Å². The van der Waals surface area contributed by atoms with Crippen LogP contribution in [0, 0.1) is 13.8 Å². The fourth-order valence-corrected chi connectivity index (χ4v) is 3.17. The van der Waals surface area contributed by atoms with E-state index in [1.165, 1.54) is 16.7 Å². The van der Waals surface area contributed by atoms with E-state index in [1.54, 1.807) is 0 Å². The normalized spacial score (nSPS) is 23.2. The molecule has 1 aliphatic rings. The number of aryl methyl sites for hydroxylation is 2. The molecule has 106 valence electrons. The van der Waals surface area contributed by atoms with Crippen LogP contribution in [0.1, 0.15) is 56.2 Å². The lowest BCUT2D eigenvalue weighted by molar-refractivity contribution is 0.339. The molecule has 19 heavy (non-hydrogen) atoms. The Bertz CT molecular complexity index is 416. The highest BCUT2D eigenvalue weighted by atomic mass is 16.6. The number of rotatable bonds is 6. The second-order valence-electron chi connectivity index (χ2n) is 5.66. The Balaban J connectivity index is 2.10. The SMILES string of the molecule is CCOc1cc(C)c(C(C)CC2OC2CC)c(C)c1. The zero-order valence-electron chi connectivity index (χ0n) is 12.8. The van der Waals surface area contributed by atoms with E-state index in [0.717, 1.165) is 25.2 Å². The number of ether oxygens (including phenoxy) is 2. The van der Waals surface area contributed by atoms with Crippen LogP contribution in [0.25, 0.3) is 0 Å². The van der Waals surface area contributed by atoms with Gasteiger partial charge in [-0.1, -0.05) is 13.8 Å². The largest absolute Gasteiger partial charge is 0.494 e. The molecular formula is C17H26O2. The molecule has 1 aromatic rings. The lowest BCUT2D eigenvalue weighted by Crippen LogP contribution is -2.05. The minimum absolute atomic E-state index is 0.477. The summed E-state index contributed by atoms with van der Waals surface area (Å²) in [6, 6.07) is 4.32. The standard InChI is InChI=1S/C17H26O2/c1-6-15-16(19-15)10-13(5)17-11(3)8-14(18-7-2)9-12(17)4/h8-9,13,15-16H,6-7,10H2,1-5H3. The molecule has 0 aliphatic carbocycles. The first-order valence-corrected chi connectivity index (χ1v) is 7.46. The van der Waals surface area contributed by atoms with Crippen molar-refractivity contribution in [1.29, 1.82) is 0 Å². The predicted octanol–water partition coefficient (Wildman–Crippen LogP) is 4.37. The fraction of sp³-hybridized carbons (Fsp3) is 0.647. The Morgan fingerprint density at radius 3 is 2.26 bits per heavy atom. The molecule has 0 amide bonds. The highest BCUT2D eigenvalue weighted by Gasteiger charge is 2.38. The van der Waals surface area contributed by atoms with Gasteiger partial charge in [-0.3, -0.25) is 0 Å². The third-order valence-electron chi connectivity index (χ3n) is 4.05. The maximum atomic E-state index is 5.68. The molecule has 0 bridgehead atoms. The Hall–Kier alpha value is -1.02. The summed E-state index contributed by atoms with van der Waals surface area (Å²) in [5.41, 5.74) is 4.14. The van der Waals surface area contributed by atoms with Crippen LogP contribution < -0.4 is 4.74 Å². The molecule has 3 atom stereocenters. The van der Waals surface area contributed by atoms with E-state index < -0.39 is 0 Å². The predicted molar refractivity (Wildman–Crippen MR) is 79.1 cm³/mol. The minimum Gasteiger partial charge on any atom is -0.494 e. The van der Waals surface area contributed by atoms with Crippen molar-refractivity contribution in [2.45, 2.75) is 65.6 Å². The molecular weight excluding hydrogens is 236 g/mol. The van der Waals surface area contributed by atoms with Crippen molar-refractivity contribution in [3.63, 3.8) is 0 Å². The van der Waals surface area contributed by atoms with Gasteiger partial charge in [-0.05, 0) is 68.4 Å². The van der Waals surface area contributed by atoms with Crippen LogP contribution in [0.3, 0.4) is 0 Å². The number of hydrogen-bond donors (Lipinski definition) is 0. The average Bonchev–Trinajstić information content (AvgIpc) is 3.06. The third kappa shape index (κ3) is 3.30. The quantitative estimate of drug-likeness (QED) is 0.710. The summed E-state index contributed by atoms with van der Waals surface area (Å²) in [6.07, 6.45) is 3.25. The average molecular weight is 262 g/mol. The van der Waals surface area contributed by atoms with Crippen molar-refractivity contribution in [3.05, 3.63) is 28.8 Å². The van der Waals surface area contributed by atoms with Gasteiger partial charge in [0.05, 0.1) is 18.8 Å². The van der Waals surface area contributed by atoms with E-state index in [9.17, 15) is 0 Å². The molecule has 0 radical (unpaired) electrons. The molecule has 1 heterocycles. The van der Waals surface area contributed by atoms with Crippen molar-refractivity contribution < 1.29 is 9.47 Å². The van der Waals surface area contributed by atoms with Gasteiger partial charge < -0.3 is 9.47 Å². The first-order valence-electron chi connectivity index (χ1n) is 7.46. The molecule has 1 fully saturated rings. The minimum atomic E-state index is 0.477. The van der Waals surface area contributed by atoms with Crippen LogP contribution in [0.4, 0.5) is 0 Å². The highest BCUT2D eigenvalue weighted by Crippen LogP contribution is 2.37. The summed E-state index contributed by atoms with van der Waals surface area (Å²) >= 11 is 0. The summed E-state index contributed by atoms with van der Waals surface area (Å²) in [7, 11) is 0. The Labute approximate surface area is 117 Å². The van der Waals surface area contributed by atoms with Crippen molar-refractivity contribution in [2.75, 3.05) is 6.61 Å². The summed E-state index contributed by atoms with van der Waals surface area (Å²) in [4.78, 5) is 0. The number of epoxide rings is 1. The van der Waals surface area contributed by atoms with Gasteiger partial charge in [-0.25, -0.2) is 0 Å². The molecule has 3 unspecified atom stereocenters. The van der Waals surface area contributed by atoms with E-state index >= 15 is 0 Å². The van der Waals surface area contributed by atoms with E-state index in [0.29, 0.717) is 18.1 Å². The summed E-state index contributed by atoms with van der Waals surface area (Å²) < 4.78 is 11.3. The molecule has 1 saturated heterocycles. The number of benzene rings is 1. The van der Waals surface area contributed by atoms with Gasteiger partial charge in [0.1, 0.15) is 5.75 Å². The molecule has 1 aromatic carbocycles. The smallest absolute Gasteiger partial charge is 0.119 e. The molecule has 1 aliphatic heterocycles. The van der Waals surface area contributed by atoms with Crippen molar-refractivity contribution in [2.24, 2.45) is 0 Å².